The van der Waals surface area contributed by atoms with Gasteiger partial charge in [0.05, 0.1) is 13.2 Å². The molecule has 0 atom stereocenters. The molecular weight excluding hydrogens is 168 g/mol. The molecule has 1 heterocycles. The molecule has 3 heteroatoms. The van der Waals surface area contributed by atoms with Gasteiger partial charge in [-0.2, -0.15) is 0 Å². The van der Waals surface area contributed by atoms with Crippen LogP contribution in [0.3, 0.4) is 0 Å². The van der Waals surface area contributed by atoms with Gasteiger partial charge < -0.3 is 9.47 Å². The number of hydrogen-bond acceptors (Lipinski definition) is 3. The first kappa shape index (κ1) is 7.24. The summed E-state index contributed by atoms with van der Waals surface area (Å²) in [6.45, 7) is 1.00. The Hall–Kier alpha value is -1.19. The van der Waals surface area contributed by atoms with Crippen LogP contribution >= 0.6 is 0 Å². The van der Waals surface area contributed by atoms with Gasteiger partial charge in [-0.15, -0.1) is 0 Å². The van der Waals surface area contributed by atoms with E-state index >= 15 is 0 Å². The molecule has 2 aliphatic rings. The van der Waals surface area contributed by atoms with Gasteiger partial charge in [-0.25, -0.2) is 0 Å². The summed E-state index contributed by atoms with van der Waals surface area (Å²) in [6, 6.07) is 7.41. The molecule has 66 valence electrons. The predicted octanol–water partition coefficient (Wildman–Crippen LogP) is 1.08. The molecule has 1 aromatic rings. The van der Waals surface area contributed by atoms with Gasteiger partial charge in [-0.1, -0.05) is 24.3 Å². The zero-order valence-electron chi connectivity index (χ0n) is 6.95. The smallest absolute Gasteiger partial charge is 0.262 e. The van der Waals surface area contributed by atoms with Crippen molar-refractivity contribution in [3.8, 4) is 0 Å². The maximum absolute atomic E-state index is 11.6. The fourth-order valence-corrected chi connectivity index (χ4v) is 1.90. The quantitative estimate of drug-likeness (QED) is 0.593. The maximum atomic E-state index is 11.6. The molecule has 3 rings (SSSR count). The third kappa shape index (κ3) is 0.692. The lowest BCUT2D eigenvalue weighted by molar-refractivity contribution is -0.137. The van der Waals surface area contributed by atoms with Gasteiger partial charge in [0.2, 0.25) is 5.78 Å². The summed E-state index contributed by atoms with van der Waals surface area (Å²) in [7, 11) is 0. The molecule has 0 N–H and O–H groups in total. The van der Waals surface area contributed by atoms with E-state index < -0.39 is 5.79 Å². The van der Waals surface area contributed by atoms with Crippen molar-refractivity contribution in [1.29, 1.82) is 0 Å². The Labute approximate surface area is 75.3 Å². The molecule has 3 nitrogen and oxygen atoms in total. The number of carbonyl (C=O) groups is 1. The first-order valence-corrected chi connectivity index (χ1v) is 4.27. The van der Waals surface area contributed by atoms with Crippen molar-refractivity contribution in [3.05, 3.63) is 35.4 Å². The van der Waals surface area contributed by atoms with Gasteiger partial charge >= 0.3 is 0 Å². The Bertz CT molecular complexity index is 378. The Morgan fingerprint density at radius 3 is 2.62 bits per heavy atom. The van der Waals surface area contributed by atoms with E-state index in [0.717, 1.165) is 11.1 Å². The summed E-state index contributed by atoms with van der Waals surface area (Å²) < 4.78 is 10.7. The molecule has 1 aliphatic carbocycles. The summed E-state index contributed by atoms with van der Waals surface area (Å²) in [6.07, 6.45) is 0. The largest absolute Gasteiger partial charge is 0.337 e. The summed E-state index contributed by atoms with van der Waals surface area (Å²) in [5, 5.41) is 0. The molecule has 0 amide bonds. The highest BCUT2D eigenvalue weighted by Crippen LogP contribution is 2.44. The van der Waals surface area contributed by atoms with Crippen LogP contribution in [-0.4, -0.2) is 19.0 Å². The fourth-order valence-electron chi connectivity index (χ4n) is 1.90. The van der Waals surface area contributed by atoms with Crippen molar-refractivity contribution in [1.82, 2.24) is 0 Å². The molecule has 0 bridgehead atoms. The average Bonchev–Trinajstić information content (AvgIpc) is 2.68. The number of fused-ring (bicyclic) bond motifs is 2. The van der Waals surface area contributed by atoms with Crippen LogP contribution in [0.2, 0.25) is 0 Å². The predicted molar refractivity (Wildman–Crippen MR) is 44.4 cm³/mol. The van der Waals surface area contributed by atoms with Crippen LogP contribution in [0, 0.1) is 0 Å². The minimum Gasteiger partial charge on any atom is -0.337 e. The lowest BCUT2D eigenvalue weighted by Crippen LogP contribution is -2.47. The lowest BCUT2D eigenvalue weighted by atomic mass is 9.80. The van der Waals surface area contributed by atoms with E-state index in [4.69, 9.17) is 9.47 Å². The Balaban J connectivity index is 2.17. The minimum absolute atomic E-state index is 0.0411. The average molecular weight is 176 g/mol. The van der Waals surface area contributed by atoms with Crippen molar-refractivity contribution in [2.45, 2.75) is 5.79 Å². The van der Waals surface area contributed by atoms with Crippen LogP contribution in [0.15, 0.2) is 24.3 Å². The molecule has 1 fully saturated rings. The standard InChI is InChI=1S/C10H8O3/c11-9-7-3-1-2-4-8(7)10(9)12-5-6-13-10/h1-4H,5-6H2. The number of benzene rings is 1. The summed E-state index contributed by atoms with van der Waals surface area (Å²) in [5.41, 5.74) is 1.60. The summed E-state index contributed by atoms with van der Waals surface area (Å²) >= 11 is 0. The van der Waals surface area contributed by atoms with E-state index in [1.54, 1.807) is 6.07 Å². The number of rotatable bonds is 0. The van der Waals surface area contributed by atoms with E-state index in [-0.39, 0.29) is 5.78 Å². The van der Waals surface area contributed by atoms with Crippen molar-refractivity contribution in [3.63, 3.8) is 0 Å². The van der Waals surface area contributed by atoms with E-state index in [0.29, 0.717) is 13.2 Å². The van der Waals surface area contributed by atoms with Crippen molar-refractivity contribution in [2.24, 2.45) is 0 Å². The van der Waals surface area contributed by atoms with Gasteiger partial charge in [-0.05, 0) is 0 Å². The van der Waals surface area contributed by atoms with Crippen molar-refractivity contribution in [2.75, 3.05) is 13.2 Å². The molecule has 1 aliphatic heterocycles. The lowest BCUT2D eigenvalue weighted by Gasteiger charge is -2.35. The first-order valence-electron chi connectivity index (χ1n) is 4.27. The van der Waals surface area contributed by atoms with Crippen LogP contribution in [0.1, 0.15) is 15.9 Å². The highest BCUT2D eigenvalue weighted by Gasteiger charge is 2.56. The Morgan fingerprint density at radius 2 is 1.85 bits per heavy atom. The SMILES string of the molecule is O=C1c2ccccc2C12OCCO2. The fraction of sp³-hybridized carbons (Fsp3) is 0.300. The summed E-state index contributed by atoms with van der Waals surface area (Å²) in [4.78, 5) is 11.6. The molecule has 0 radical (unpaired) electrons. The topological polar surface area (TPSA) is 35.5 Å². The molecule has 0 aromatic heterocycles. The van der Waals surface area contributed by atoms with E-state index in [9.17, 15) is 4.79 Å². The molecule has 1 spiro atoms. The number of ketones is 1. The van der Waals surface area contributed by atoms with Crippen molar-refractivity contribution >= 4 is 5.78 Å². The normalized spacial score (nSPS) is 22.9. The number of Topliss-reactive ketones (excluding diaryl/α,β-unsaturated/α-hetero) is 1. The van der Waals surface area contributed by atoms with Gasteiger partial charge in [0.1, 0.15) is 0 Å². The van der Waals surface area contributed by atoms with Gasteiger partial charge in [0.25, 0.3) is 5.79 Å². The maximum Gasteiger partial charge on any atom is 0.262 e. The second-order valence-corrected chi connectivity index (χ2v) is 3.19. The van der Waals surface area contributed by atoms with E-state index in [1.165, 1.54) is 0 Å². The zero-order valence-corrected chi connectivity index (χ0v) is 6.95. The second-order valence-electron chi connectivity index (χ2n) is 3.19. The molecule has 1 aromatic carbocycles. The monoisotopic (exact) mass is 176 g/mol. The van der Waals surface area contributed by atoms with Crippen LogP contribution in [-0.2, 0) is 15.3 Å². The van der Waals surface area contributed by atoms with Crippen LogP contribution < -0.4 is 0 Å². The van der Waals surface area contributed by atoms with E-state index in [1.807, 2.05) is 18.2 Å². The van der Waals surface area contributed by atoms with Crippen LogP contribution in [0.5, 0.6) is 0 Å². The highest BCUT2D eigenvalue weighted by molar-refractivity contribution is 6.11. The molecule has 0 saturated carbocycles. The number of carbonyl (C=O) groups excluding carboxylic acids is 1. The second kappa shape index (κ2) is 2.19. The number of ether oxygens (including phenoxy) is 2. The van der Waals surface area contributed by atoms with E-state index in [2.05, 4.69) is 0 Å². The summed E-state index contributed by atoms with van der Waals surface area (Å²) in [5.74, 6) is -1.07. The third-order valence-electron chi connectivity index (χ3n) is 2.52. The third-order valence-corrected chi connectivity index (χ3v) is 2.52. The molecule has 1 saturated heterocycles. The van der Waals surface area contributed by atoms with Gasteiger partial charge in [0, 0.05) is 11.1 Å². The molecule has 0 unspecified atom stereocenters. The van der Waals surface area contributed by atoms with Crippen LogP contribution in [0.4, 0.5) is 0 Å². The Morgan fingerprint density at radius 1 is 1.15 bits per heavy atom. The molecule has 13 heavy (non-hydrogen) atoms. The molecular formula is C10H8O3. The minimum atomic E-state index is -1.03. The van der Waals surface area contributed by atoms with Crippen molar-refractivity contribution < 1.29 is 14.3 Å². The highest BCUT2D eigenvalue weighted by atomic mass is 16.7. The van der Waals surface area contributed by atoms with Gasteiger partial charge in [0.15, 0.2) is 0 Å². The van der Waals surface area contributed by atoms with Gasteiger partial charge in [-0.3, -0.25) is 4.79 Å². The zero-order chi connectivity index (χ0) is 8.89. The Kier molecular flexibility index (Phi) is 1.22. The first-order chi connectivity index (χ1) is 6.34. The van der Waals surface area contributed by atoms with Crippen LogP contribution in [0.25, 0.3) is 0 Å². The number of hydrogen-bond donors (Lipinski definition) is 0.